The van der Waals surface area contributed by atoms with Crippen LogP contribution in [0, 0.1) is 28.6 Å². The molecular weight excluding hydrogens is 416 g/mol. The van der Waals surface area contributed by atoms with E-state index in [1.54, 1.807) is 4.90 Å². The van der Waals surface area contributed by atoms with Crippen LogP contribution in [0.3, 0.4) is 0 Å². The summed E-state index contributed by atoms with van der Waals surface area (Å²) in [4.78, 5) is 28.3. The van der Waals surface area contributed by atoms with Crippen LogP contribution in [-0.2, 0) is 19.6 Å². The molecule has 3 heterocycles. The van der Waals surface area contributed by atoms with Crippen LogP contribution < -0.4 is 0 Å². The van der Waals surface area contributed by atoms with E-state index < -0.39 is 33.7 Å². The first-order chi connectivity index (χ1) is 14.3. The second kappa shape index (κ2) is 6.27. The largest absolute Gasteiger partial charge is 0.444 e. The predicted octanol–water partition coefficient (Wildman–Crippen LogP) is 3.16. The lowest BCUT2D eigenvalue weighted by Gasteiger charge is -2.46. The molecule has 2 saturated heterocycles. The zero-order valence-electron chi connectivity index (χ0n) is 19.1. The summed E-state index contributed by atoms with van der Waals surface area (Å²) in [7, 11) is -3.67. The lowest BCUT2D eigenvalue weighted by atomic mass is 9.69. The van der Waals surface area contributed by atoms with E-state index in [9.17, 15) is 18.0 Å². The maximum atomic E-state index is 13.8. The first-order valence-corrected chi connectivity index (χ1v) is 13.1. The molecule has 0 N–H and O–H groups in total. The summed E-state index contributed by atoms with van der Waals surface area (Å²) in [5.41, 5.74) is -1.04. The van der Waals surface area contributed by atoms with E-state index in [-0.39, 0.29) is 34.4 Å². The molecule has 3 aliphatic heterocycles. The minimum absolute atomic E-state index is 0.0437. The van der Waals surface area contributed by atoms with Gasteiger partial charge in [-0.15, -0.1) is 0 Å². The van der Waals surface area contributed by atoms with Crippen LogP contribution in [0.15, 0.2) is 12.2 Å². The third-order valence-corrected chi connectivity index (χ3v) is 10.8. The van der Waals surface area contributed by atoms with Crippen molar-refractivity contribution >= 4 is 22.0 Å². The average molecular weight is 451 g/mol. The summed E-state index contributed by atoms with van der Waals surface area (Å²) in [5, 5.41) is 0. The highest BCUT2D eigenvalue weighted by Crippen LogP contribution is 2.70. The zero-order valence-corrected chi connectivity index (χ0v) is 19.9. The van der Waals surface area contributed by atoms with E-state index in [4.69, 9.17) is 4.74 Å². The van der Waals surface area contributed by atoms with Gasteiger partial charge in [-0.2, -0.15) is 0 Å². The number of carbonyl (C=O) groups is 2. The van der Waals surface area contributed by atoms with Gasteiger partial charge in [-0.1, -0.05) is 26.0 Å². The topological polar surface area (TPSA) is 84.0 Å². The van der Waals surface area contributed by atoms with Crippen LogP contribution in [0.25, 0.3) is 0 Å². The molecule has 31 heavy (non-hydrogen) atoms. The summed E-state index contributed by atoms with van der Waals surface area (Å²) < 4.78 is 33.5. The van der Waals surface area contributed by atoms with E-state index in [0.29, 0.717) is 18.9 Å². The molecule has 4 fully saturated rings. The van der Waals surface area contributed by atoms with Crippen LogP contribution >= 0.6 is 0 Å². The number of amides is 2. The minimum atomic E-state index is -3.67. The normalized spacial score (nSPS) is 41.5. The highest BCUT2D eigenvalue weighted by Gasteiger charge is 2.72. The Labute approximate surface area is 185 Å². The van der Waals surface area contributed by atoms with Gasteiger partial charge in [0.2, 0.25) is 15.9 Å². The van der Waals surface area contributed by atoms with Crippen molar-refractivity contribution in [3.05, 3.63) is 12.2 Å². The van der Waals surface area contributed by atoms with E-state index in [1.165, 1.54) is 4.31 Å². The molecule has 0 aromatic heterocycles. The Morgan fingerprint density at radius 2 is 1.84 bits per heavy atom. The lowest BCUT2D eigenvalue weighted by molar-refractivity contribution is -0.137. The second-order valence-corrected chi connectivity index (χ2v) is 13.7. The van der Waals surface area contributed by atoms with Crippen molar-refractivity contribution in [3.63, 3.8) is 0 Å². The number of sulfonamides is 1. The van der Waals surface area contributed by atoms with Gasteiger partial charge in [-0.3, -0.25) is 4.79 Å². The number of fused-ring (bicyclic) bond motifs is 3. The summed E-state index contributed by atoms with van der Waals surface area (Å²) in [6.07, 6.45) is 6.78. The quantitative estimate of drug-likeness (QED) is 0.573. The van der Waals surface area contributed by atoms with Gasteiger partial charge >= 0.3 is 6.09 Å². The van der Waals surface area contributed by atoms with E-state index in [0.717, 1.165) is 19.3 Å². The second-order valence-electron chi connectivity index (χ2n) is 11.9. The smallest absolute Gasteiger partial charge is 0.410 e. The Morgan fingerprint density at radius 3 is 2.45 bits per heavy atom. The van der Waals surface area contributed by atoms with E-state index in [1.807, 2.05) is 26.8 Å². The van der Waals surface area contributed by atoms with Crippen molar-refractivity contribution in [2.45, 2.75) is 78.0 Å². The number of rotatable bonds is 1. The highest BCUT2D eigenvalue weighted by molar-refractivity contribution is 7.90. The van der Waals surface area contributed by atoms with Gasteiger partial charge in [0.15, 0.2) is 0 Å². The maximum Gasteiger partial charge on any atom is 0.410 e. The fourth-order valence-corrected chi connectivity index (χ4v) is 9.87. The fourth-order valence-electron chi connectivity index (χ4n) is 7.29. The lowest BCUT2D eigenvalue weighted by Crippen LogP contribution is -2.59. The molecule has 8 heteroatoms. The standard InChI is InChI=1S/C23H34N2O5S/c1-21(2,3)30-20(27)24-12-14-6-7-17(24)16(10-14)19(26)25-18-11-15-8-9-23(18,22(15,4)5)13-31(25,28)29/h6-7,14-18H,8-13H2,1-5H3/t14-,15-,16+,17+,18-,23-/m1/s1. The summed E-state index contributed by atoms with van der Waals surface area (Å²) in [6.45, 7) is 10.3. The van der Waals surface area contributed by atoms with Crippen LogP contribution in [0.2, 0.25) is 0 Å². The van der Waals surface area contributed by atoms with Gasteiger partial charge < -0.3 is 9.64 Å². The molecule has 6 aliphatic rings. The molecule has 0 radical (unpaired) electrons. The van der Waals surface area contributed by atoms with Crippen molar-refractivity contribution < 1.29 is 22.7 Å². The highest BCUT2D eigenvalue weighted by atomic mass is 32.2. The number of hydrogen-bond donors (Lipinski definition) is 0. The molecule has 6 atom stereocenters. The third-order valence-electron chi connectivity index (χ3n) is 8.91. The van der Waals surface area contributed by atoms with E-state index >= 15 is 0 Å². The van der Waals surface area contributed by atoms with Crippen molar-refractivity contribution in [2.24, 2.45) is 28.6 Å². The molecule has 1 spiro atoms. The van der Waals surface area contributed by atoms with Gasteiger partial charge in [0, 0.05) is 12.0 Å². The van der Waals surface area contributed by atoms with Gasteiger partial charge in [0.25, 0.3) is 0 Å². The fraction of sp³-hybridized carbons (Fsp3) is 0.826. The SMILES string of the molecule is CC(C)(C)OC(=O)N1C[C@@H]2C=C[C@H]1[C@@H](C(=O)N1[C@@H]3C[C@H]4CC[C@]3(CS1(=O)=O)C4(C)C)C2. The average Bonchev–Trinajstić information content (AvgIpc) is 3.14. The number of piperidine rings is 1. The third kappa shape index (κ3) is 2.85. The Hall–Kier alpha value is -1.57. The van der Waals surface area contributed by atoms with Crippen molar-refractivity contribution in [1.29, 1.82) is 0 Å². The maximum absolute atomic E-state index is 13.8. The number of ether oxygens (including phenoxy) is 1. The first-order valence-electron chi connectivity index (χ1n) is 11.5. The van der Waals surface area contributed by atoms with Crippen LogP contribution in [0.1, 0.15) is 60.3 Å². The molecule has 0 unspecified atom stereocenters. The summed E-state index contributed by atoms with van der Waals surface area (Å²) in [5.74, 6) is -0.278. The predicted molar refractivity (Wildman–Crippen MR) is 115 cm³/mol. The molecule has 7 nitrogen and oxygen atoms in total. The molecule has 172 valence electrons. The molecule has 0 aromatic carbocycles. The van der Waals surface area contributed by atoms with Crippen LogP contribution in [0.4, 0.5) is 4.79 Å². The number of hydrogen-bond acceptors (Lipinski definition) is 5. The molecular formula is C23H34N2O5S. The van der Waals surface area contributed by atoms with Crippen molar-refractivity contribution in [3.8, 4) is 0 Å². The Morgan fingerprint density at radius 1 is 1.13 bits per heavy atom. The Balaban J connectivity index is 1.44. The van der Waals surface area contributed by atoms with Gasteiger partial charge in [-0.25, -0.2) is 17.5 Å². The summed E-state index contributed by atoms with van der Waals surface area (Å²) in [6, 6.07) is -0.691. The van der Waals surface area contributed by atoms with Crippen molar-refractivity contribution in [1.82, 2.24) is 9.21 Å². The molecule has 4 bridgehead atoms. The van der Waals surface area contributed by atoms with Crippen LogP contribution in [-0.4, -0.2) is 59.6 Å². The number of nitrogens with zero attached hydrogens (tertiary/aromatic N) is 2. The van der Waals surface area contributed by atoms with Gasteiger partial charge in [0.05, 0.1) is 23.8 Å². The van der Waals surface area contributed by atoms with Crippen molar-refractivity contribution in [2.75, 3.05) is 12.3 Å². The van der Waals surface area contributed by atoms with E-state index in [2.05, 4.69) is 19.9 Å². The first kappa shape index (κ1) is 21.3. The molecule has 3 aliphatic carbocycles. The molecule has 2 amide bonds. The Kier molecular flexibility index (Phi) is 4.30. The van der Waals surface area contributed by atoms with Gasteiger partial charge in [0.1, 0.15) is 5.60 Å². The summed E-state index contributed by atoms with van der Waals surface area (Å²) >= 11 is 0. The minimum Gasteiger partial charge on any atom is -0.444 e. The van der Waals surface area contributed by atoms with Crippen LogP contribution in [0.5, 0.6) is 0 Å². The molecule has 6 rings (SSSR count). The number of carbonyl (C=O) groups excluding carboxylic acids is 2. The molecule has 2 saturated carbocycles. The monoisotopic (exact) mass is 450 g/mol. The molecule has 0 aromatic rings. The Bertz CT molecular complexity index is 965. The van der Waals surface area contributed by atoms with Gasteiger partial charge in [-0.05, 0) is 63.7 Å². The zero-order chi connectivity index (χ0) is 22.6.